The average molecular weight is 256 g/mol. The van der Waals surface area contributed by atoms with Gasteiger partial charge in [-0.1, -0.05) is 36.4 Å². The second-order valence-electron chi connectivity index (χ2n) is 4.31. The van der Waals surface area contributed by atoms with Crippen LogP contribution in [0.1, 0.15) is 24.5 Å². The summed E-state index contributed by atoms with van der Waals surface area (Å²) in [5.74, 6) is -0.702. The highest BCUT2D eigenvalue weighted by Crippen LogP contribution is 2.25. The fourth-order valence-electron chi connectivity index (χ4n) is 2.09. The number of hydrogen-bond donors (Lipinski definition) is 0. The van der Waals surface area contributed by atoms with Crippen LogP contribution in [-0.4, -0.2) is 18.4 Å². The lowest BCUT2D eigenvalue weighted by Crippen LogP contribution is -2.10. The first kappa shape index (κ1) is 13.3. The van der Waals surface area contributed by atoms with Gasteiger partial charge in [0.05, 0.1) is 6.61 Å². The molecule has 0 spiro atoms. The van der Waals surface area contributed by atoms with Crippen molar-refractivity contribution in [2.75, 3.05) is 6.61 Å². The SMILES string of the molecule is CCOC(=O)CC(=O)C=C1C=CCc2ccccc21. The van der Waals surface area contributed by atoms with E-state index >= 15 is 0 Å². The number of ether oxygens (including phenoxy) is 1. The monoisotopic (exact) mass is 256 g/mol. The van der Waals surface area contributed by atoms with Crippen molar-refractivity contribution in [1.82, 2.24) is 0 Å². The zero-order valence-electron chi connectivity index (χ0n) is 10.9. The Morgan fingerprint density at radius 2 is 2.11 bits per heavy atom. The molecule has 0 N–H and O–H groups in total. The van der Waals surface area contributed by atoms with Crippen molar-refractivity contribution in [3.05, 3.63) is 53.6 Å². The van der Waals surface area contributed by atoms with Crippen LogP contribution in [0.25, 0.3) is 5.57 Å². The molecule has 3 heteroatoms. The van der Waals surface area contributed by atoms with E-state index in [1.54, 1.807) is 6.92 Å². The summed E-state index contributed by atoms with van der Waals surface area (Å²) in [4.78, 5) is 23.0. The van der Waals surface area contributed by atoms with Gasteiger partial charge in [0.15, 0.2) is 5.78 Å². The molecule has 3 nitrogen and oxygen atoms in total. The van der Waals surface area contributed by atoms with Gasteiger partial charge in [0, 0.05) is 0 Å². The molecule has 0 bridgehead atoms. The van der Waals surface area contributed by atoms with Crippen LogP contribution in [0.5, 0.6) is 0 Å². The summed E-state index contributed by atoms with van der Waals surface area (Å²) in [6, 6.07) is 7.96. The van der Waals surface area contributed by atoms with Crippen LogP contribution in [0, 0.1) is 0 Å². The standard InChI is InChI=1S/C16H16O3/c1-2-19-16(18)11-14(17)10-13-8-5-7-12-6-3-4-9-15(12)13/h3-6,8-10H,2,7,11H2,1H3. The van der Waals surface area contributed by atoms with Crippen molar-refractivity contribution >= 4 is 17.3 Å². The molecule has 0 unspecified atom stereocenters. The number of benzene rings is 1. The van der Waals surface area contributed by atoms with E-state index in [-0.39, 0.29) is 12.2 Å². The molecular formula is C16H16O3. The van der Waals surface area contributed by atoms with Gasteiger partial charge in [-0.05, 0) is 36.1 Å². The van der Waals surface area contributed by atoms with E-state index in [1.165, 1.54) is 11.6 Å². The van der Waals surface area contributed by atoms with Gasteiger partial charge < -0.3 is 4.74 Å². The molecule has 98 valence electrons. The second-order valence-corrected chi connectivity index (χ2v) is 4.31. The number of rotatable bonds is 4. The molecule has 0 aliphatic heterocycles. The fourth-order valence-corrected chi connectivity index (χ4v) is 2.09. The number of esters is 1. The lowest BCUT2D eigenvalue weighted by atomic mass is 9.92. The van der Waals surface area contributed by atoms with Gasteiger partial charge >= 0.3 is 5.97 Å². The van der Waals surface area contributed by atoms with Crippen LogP contribution in [0.15, 0.2) is 42.5 Å². The Bertz CT molecular complexity index is 553. The minimum Gasteiger partial charge on any atom is -0.466 e. The van der Waals surface area contributed by atoms with E-state index in [0.29, 0.717) is 6.61 Å². The molecule has 1 aromatic rings. The number of hydrogen-bond acceptors (Lipinski definition) is 3. The van der Waals surface area contributed by atoms with Gasteiger partial charge in [-0.2, -0.15) is 0 Å². The third-order valence-corrected chi connectivity index (χ3v) is 2.90. The molecule has 0 saturated heterocycles. The van der Waals surface area contributed by atoms with E-state index < -0.39 is 5.97 Å². The van der Waals surface area contributed by atoms with Crippen molar-refractivity contribution in [2.24, 2.45) is 0 Å². The summed E-state index contributed by atoms with van der Waals surface area (Å²) in [5.41, 5.74) is 3.11. The van der Waals surface area contributed by atoms with Gasteiger partial charge in [-0.15, -0.1) is 0 Å². The summed E-state index contributed by atoms with van der Waals surface area (Å²) in [7, 11) is 0. The summed E-state index contributed by atoms with van der Waals surface area (Å²) in [6.45, 7) is 2.02. The first-order valence-electron chi connectivity index (χ1n) is 6.35. The average Bonchev–Trinajstić information content (AvgIpc) is 2.39. The number of allylic oxidation sites excluding steroid dienone is 4. The largest absolute Gasteiger partial charge is 0.466 e. The molecular weight excluding hydrogens is 240 g/mol. The van der Waals surface area contributed by atoms with Gasteiger partial charge in [-0.3, -0.25) is 9.59 Å². The number of fused-ring (bicyclic) bond motifs is 1. The predicted molar refractivity (Wildman–Crippen MR) is 73.5 cm³/mol. The Morgan fingerprint density at radius 3 is 2.89 bits per heavy atom. The normalized spacial score (nSPS) is 15.1. The van der Waals surface area contributed by atoms with Crippen molar-refractivity contribution in [3.63, 3.8) is 0 Å². The van der Waals surface area contributed by atoms with Crippen molar-refractivity contribution < 1.29 is 14.3 Å². The Kier molecular flexibility index (Phi) is 4.29. The first-order valence-corrected chi connectivity index (χ1v) is 6.35. The van der Waals surface area contributed by atoms with Gasteiger partial charge in [0.25, 0.3) is 0 Å². The Morgan fingerprint density at radius 1 is 1.32 bits per heavy atom. The maximum atomic E-state index is 11.8. The Balaban J connectivity index is 2.15. The van der Waals surface area contributed by atoms with E-state index in [4.69, 9.17) is 4.74 Å². The third-order valence-electron chi connectivity index (χ3n) is 2.90. The van der Waals surface area contributed by atoms with Crippen molar-refractivity contribution in [3.8, 4) is 0 Å². The van der Waals surface area contributed by atoms with E-state index in [2.05, 4.69) is 0 Å². The van der Waals surface area contributed by atoms with Crippen LogP contribution >= 0.6 is 0 Å². The van der Waals surface area contributed by atoms with Crippen LogP contribution in [0.3, 0.4) is 0 Å². The molecule has 1 aromatic carbocycles. The highest BCUT2D eigenvalue weighted by atomic mass is 16.5. The quantitative estimate of drug-likeness (QED) is 0.472. The molecule has 1 aliphatic carbocycles. The number of carbonyl (C=O) groups excluding carboxylic acids is 2. The van der Waals surface area contributed by atoms with Crippen LogP contribution in [0.2, 0.25) is 0 Å². The van der Waals surface area contributed by atoms with E-state index in [1.807, 2.05) is 36.4 Å². The maximum Gasteiger partial charge on any atom is 0.313 e. The van der Waals surface area contributed by atoms with Crippen LogP contribution in [0.4, 0.5) is 0 Å². The van der Waals surface area contributed by atoms with Gasteiger partial charge in [0.2, 0.25) is 0 Å². The zero-order chi connectivity index (χ0) is 13.7. The van der Waals surface area contributed by atoms with Crippen LogP contribution < -0.4 is 0 Å². The minimum atomic E-state index is -0.475. The highest BCUT2D eigenvalue weighted by Gasteiger charge is 2.12. The summed E-state index contributed by atoms with van der Waals surface area (Å²) >= 11 is 0. The Hall–Kier alpha value is -2.16. The molecule has 1 aliphatic rings. The fraction of sp³-hybridized carbons (Fsp3) is 0.250. The second kappa shape index (κ2) is 6.14. The van der Waals surface area contributed by atoms with Gasteiger partial charge in [-0.25, -0.2) is 0 Å². The zero-order valence-corrected chi connectivity index (χ0v) is 10.9. The lowest BCUT2D eigenvalue weighted by molar-refractivity contribution is -0.144. The molecule has 0 amide bonds. The van der Waals surface area contributed by atoms with Crippen molar-refractivity contribution in [1.29, 1.82) is 0 Å². The summed E-state index contributed by atoms with van der Waals surface area (Å²) in [6.07, 6.45) is 6.13. The number of ketones is 1. The third kappa shape index (κ3) is 3.41. The molecule has 0 fully saturated rings. The van der Waals surface area contributed by atoms with E-state index in [9.17, 15) is 9.59 Å². The first-order chi connectivity index (χ1) is 9.20. The lowest BCUT2D eigenvalue weighted by Gasteiger charge is -2.13. The highest BCUT2D eigenvalue weighted by molar-refractivity contribution is 6.07. The molecule has 0 saturated carbocycles. The molecule has 0 heterocycles. The molecule has 2 rings (SSSR count). The molecule has 19 heavy (non-hydrogen) atoms. The maximum absolute atomic E-state index is 11.8. The van der Waals surface area contributed by atoms with E-state index in [0.717, 1.165) is 17.6 Å². The molecule has 0 atom stereocenters. The molecule has 0 radical (unpaired) electrons. The predicted octanol–water partition coefficient (Wildman–Crippen LogP) is 2.70. The Labute approximate surface area is 112 Å². The molecule has 0 aromatic heterocycles. The smallest absolute Gasteiger partial charge is 0.313 e. The summed E-state index contributed by atoms with van der Waals surface area (Å²) < 4.78 is 4.76. The van der Waals surface area contributed by atoms with Crippen LogP contribution in [-0.2, 0) is 20.7 Å². The number of carbonyl (C=O) groups is 2. The van der Waals surface area contributed by atoms with Gasteiger partial charge in [0.1, 0.15) is 6.42 Å². The van der Waals surface area contributed by atoms with Crippen molar-refractivity contribution in [2.45, 2.75) is 19.8 Å². The summed E-state index contributed by atoms with van der Waals surface area (Å²) in [5, 5.41) is 0. The minimum absolute atomic E-state index is 0.201. The topological polar surface area (TPSA) is 43.4 Å².